The normalized spacial score (nSPS) is 20.1. The Morgan fingerprint density at radius 3 is 2.66 bits per heavy atom. The van der Waals surface area contributed by atoms with Crippen LogP contribution in [0.2, 0.25) is 0 Å². The molecule has 0 N–H and O–H groups in total. The lowest BCUT2D eigenvalue weighted by molar-refractivity contribution is 0.275. The predicted molar refractivity (Wildman–Crippen MR) is 108 cm³/mol. The third kappa shape index (κ3) is 3.00. The second-order valence-corrected chi connectivity index (χ2v) is 9.48. The Morgan fingerprint density at radius 2 is 1.86 bits per heavy atom. The van der Waals surface area contributed by atoms with E-state index in [-0.39, 0.29) is 10.4 Å². The number of benzene rings is 2. The molecule has 0 bridgehead atoms. The molecule has 0 saturated carbocycles. The number of nitrogens with zero attached hydrogens (tertiary/aromatic N) is 2. The van der Waals surface area contributed by atoms with Crippen LogP contribution in [-0.2, 0) is 10.0 Å². The van der Waals surface area contributed by atoms with Crippen LogP contribution in [0.4, 0.5) is 8.78 Å². The van der Waals surface area contributed by atoms with E-state index in [1.807, 2.05) is 0 Å². The minimum absolute atomic E-state index is 0.0618. The van der Waals surface area contributed by atoms with Gasteiger partial charge in [-0.3, -0.25) is 4.90 Å². The maximum absolute atomic E-state index is 14.8. The number of hydrogen-bond acceptors (Lipinski definition) is 3. The van der Waals surface area contributed by atoms with E-state index < -0.39 is 21.7 Å². The van der Waals surface area contributed by atoms with E-state index in [0.29, 0.717) is 17.0 Å². The molecule has 4 nitrogen and oxygen atoms in total. The fraction of sp³-hybridized carbons (Fsp3) is 0.273. The highest BCUT2D eigenvalue weighted by atomic mass is 32.2. The van der Waals surface area contributed by atoms with Gasteiger partial charge in [0.05, 0.1) is 4.90 Å². The lowest BCUT2D eigenvalue weighted by Gasteiger charge is -2.29. The Kier molecular flexibility index (Phi) is 4.33. The Hall–Kier alpha value is -2.51. The van der Waals surface area contributed by atoms with Crippen molar-refractivity contribution < 1.29 is 17.2 Å². The smallest absolute Gasteiger partial charge is 0.268 e. The quantitative estimate of drug-likeness (QED) is 0.638. The van der Waals surface area contributed by atoms with Gasteiger partial charge in [-0.1, -0.05) is 24.3 Å². The zero-order valence-corrected chi connectivity index (χ0v) is 16.5. The van der Waals surface area contributed by atoms with Gasteiger partial charge in [0.15, 0.2) is 5.82 Å². The van der Waals surface area contributed by atoms with Crippen LogP contribution < -0.4 is 0 Å². The summed E-state index contributed by atoms with van der Waals surface area (Å²) in [4.78, 5) is 2.46. The van der Waals surface area contributed by atoms with Crippen molar-refractivity contribution in [2.75, 3.05) is 13.1 Å². The topological polar surface area (TPSA) is 42.3 Å². The van der Waals surface area contributed by atoms with Crippen molar-refractivity contribution in [1.82, 2.24) is 8.87 Å². The fourth-order valence-electron chi connectivity index (χ4n) is 4.55. The van der Waals surface area contributed by atoms with E-state index in [4.69, 9.17) is 0 Å². The summed E-state index contributed by atoms with van der Waals surface area (Å²) < 4.78 is 56.3. The summed E-state index contributed by atoms with van der Waals surface area (Å²) in [6.07, 6.45) is 6.48. The van der Waals surface area contributed by atoms with E-state index in [9.17, 15) is 17.2 Å². The van der Waals surface area contributed by atoms with E-state index >= 15 is 0 Å². The van der Waals surface area contributed by atoms with Gasteiger partial charge in [-0.05, 0) is 49.6 Å². The first-order chi connectivity index (χ1) is 13.9. The van der Waals surface area contributed by atoms with Gasteiger partial charge in [-0.25, -0.2) is 21.2 Å². The second kappa shape index (κ2) is 6.78. The minimum atomic E-state index is -4.02. The van der Waals surface area contributed by atoms with Gasteiger partial charge in [0, 0.05) is 35.8 Å². The molecule has 0 aliphatic carbocycles. The molecule has 2 aliphatic rings. The van der Waals surface area contributed by atoms with Gasteiger partial charge >= 0.3 is 0 Å². The summed E-state index contributed by atoms with van der Waals surface area (Å²) in [5, 5.41) is 0.291. The molecule has 0 radical (unpaired) electrons. The van der Waals surface area contributed by atoms with Crippen molar-refractivity contribution in [2.24, 2.45) is 0 Å². The van der Waals surface area contributed by atoms with E-state index in [2.05, 4.69) is 11.0 Å². The zero-order chi connectivity index (χ0) is 20.2. The van der Waals surface area contributed by atoms with Crippen LogP contribution in [-0.4, -0.2) is 36.4 Å². The summed E-state index contributed by atoms with van der Waals surface area (Å²) in [5.41, 5.74) is 1.43. The SMILES string of the molecule is O=S(=O)(c1ccccc1)n1cc(C2=CCN3CCC[C@H]3C2)c2cc(F)cc(F)c21. The molecular weight excluding hydrogens is 394 g/mol. The summed E-state index contributed by atoms with van der Waals surface area (Å²) in [5.74, 6) is -1.60. The van der Waals surface area contributed by atoms with Gasteiger partial charge < -0.3 is 0 Å². The summed E-state index contributed by atoms with van der Waals surface area (Å²) in [6, 6.07) is 10.3. The Bertz CT molecular complexity index is 1230. The molecule has 1 fully saturated rings. The summed E-state index contributed by atoms with van der Waals surface area (Å²) in [6.45, 7) is 1.83. The standard InChI is InChI=1S/C22H20F2N2O2S/c23-16-12-19-20(15-8-10-25-9-4-5-17(25)11-15)14-26(22(19)21(24)13-16)29(27,28)18-6-2-1-3-7-18/h1-3,6-8,12-14,17H,4-5,9-11H2/t17-/m0/s1. The summed E-state index contributed by atoms with van der Waals surface area (Å²) >= 11 is 0. The first-order valence-electron chi connectivity index (χ1n) is 9.69. The molecule has 150 valence electrons. The molecule has 3 heterocycles. The molecule has 1 aromatic heterocycles. The Labute approximate surface area is 168 Å². The van der Waals surface area contributed by atoms with Crippen molar-refractivity contribution in [1.29, 1.82) is 0 Å². The first kappa shape index (κ1) is 18.5. The van der Waals surface area contributed by atoms with Gasteiger partial charge in [-0.2, -0.15) is 0 Å². The number of rotatable bonds is 3. The highest BCUT2D eigenvalue weighted by molar-refractivity contribution is 7.90. The number of aromatic nitrogens is 1. The van der Waals surface area contributed by atoms with E-state index in [1.165, 1.54) is 24.4 Å². The van der Waals surface area contributed by atoms with Crippen LogP contribution in [0.5, 0.6) is 0 Å². The van der Waals surface area contributed by atoms with Crippen LogP contribution in [0.3, 0.4) is 0 Å². The average Bonchev–Trinajstić information content (AvgIpc) is 3.33. The predicted octanol–water partition coefficient (Wildman–Crippen LogP) is 4.41. The maximum atomic E-state index is 14.8. The van der Waals surface area contributed by atoms with E-state index in [0.717, 1.165) is 48.0 Å². The minimum Gasteiger partial charge on any atom is -0.296 e. The number of fused-ring (bicyclic) bond motifs is 2. The molecule has 7 heteroatoms. The second-order valence-electron chi connectivity index (χ2n) is 7.66. The van der Waals surface area contributed by atoms with Gasteiger partial charge in [0.2, 0.25) is 0 Å². The van der Waals surface area contributed by atoms with Gasteiger partial charge in [-0.15, -0.1) is 0 Å². The van der Waals surface area contributed by atoms with Crippen LogP contribution in [0.25, 0.3) is 16.5 Å². The molecule has 2 aromatic carbocycles. The molecule has 0 unspecified atom stereocenters. The lowest BCUT2D eigenvalue weighted by atomic mass is 9.94. The maximum Gasteiger partial charge on any atom is 0.268 e. The molecule has 2 aliphatic heterocycles. The van der Waals surface area contributed by atoms with Crippen molar-refractivity contribution >= 4 is 26.5 Å². The first-order valence-corrected chi connectivity index (χ1v) is 11.1. The summed E-state index contributed by atoms with van der Waals surface area (Å²) in [7, 11) is -4.02. The molecule has 0 amide bonds. The lowest BCUT2D eigenvalue weighted by Crippen LogP contribution is -2.32. The zero-order valence-electron chi connectivity index (χ0n) is 15.7. The fourth-order valence-corrected chi connectivity index (χ4v) is 5.95. The van der Waals surface area contributed by atoms with E-state index in [1.54, 1.807) is 18.2 Å². The van der Waals surface area contributed by atoms with Crippen molar-refractivity contribution in [3.05, 3.63) is 71.9 Å². The van der Waals surface area contributed by atoms with Crippen LogP contribution >= 0.6 is 0 Å². The molecule has 3 aromatic rings. The molecule has 0 spiro atoms. The molecule has 1 atom stereocenters. The molecule has 5 rings (SSSR count). The number of halogens is 2. The highest BCUT2D eigenvalue weighted by Gasteiger charge is 2.31. The third-order valence-electron chi connectivity index (χ3n) is 5.96. The van der Waals surface area contributed by atoms with Gasteiger partial charge in [0.1, 0.15) is 11.3 Å². The number of hydrogen-bond donors (Lipinski definition) is 0. The van der Waals surface area contributed by atoms with Crippen LogP contribution in [0.15, 0.2) is 59.6 Å². The van der Waals surface area contributed by atoms with Gasteiger partial charge in [0.25, 0.3) is 10.0 Å². The third-order valence-corrected chi connectivity index (χ3v) is 7.63. The molecule has 29 heavy (non-hydrogen) atoms. The van der Waals surface area contributed by atoms with Crippen LogP contribution in [0, 0.1) is 11.6 Å². The Morgan fingerprint density at radius 1 is 1.07 bits per heavy atom. The largest absolute Gasteiger partial charge is 0.296 e. The molecule has 1 saturated heterocycles. The molecular formula is C22H20F2N2O2S. The average molecular weight is 414 g/mol. The Balaban J connectivity index is 1.73. The highest BCUT2D eigenvalue weighted by Crippen LogP contribution is 2.38. The van der Waals surface area contributed by atoms with Crippen molar-refractivity contribution in [2.45, 2.75) is 30.2 Å². The van der Waals surface area contributed by atoms with Crippen molar-refractivity contribution in [3.8, 4) is 0 Å². The monoisotopic (exact) mass is 414 g/mol. The van der Waals surface area contributed by atoms with Crippen molar-refractivity contribution in [3.63, 3.8) is 0 Å². The van der Waals surface area contributed by atoms with Crippen LogP contribution in [0.1, 0.15) is 24.8 Å².